The number of anilines is 12. The number of hydrogen-bond acceptors (Lipinski definition) is 8. The summed E-state index contributed by atoms with van der Waals surface area (Å²) in [5.41, 5.74) is 28.9. The van der Waals surface area contributed by atoms with E-state index in [-0.39, 0.29) is 0 Å². The largest absolute Gasteiger partial charge is 0.456 e. The third-order valence-corrected chi connectivity index (χ3v) is 26.9. The van der Waals surface area contributed by atoms with Crippen molar-refractivity contribution in [3.8, 4) is 33.4 Å². The zero-order valence-corrected chi connectivity index (χ0v) is 65.4. The van der Waals surface area contributed by atoms with Gasteiger partial charge in [-0.25, -0.2) is 0 Å². The standard InChI is InChI=1S/C55H36N2S2.C53H34N2OS/c1-4-13-36(14-5-1)44-20-12-21-46-45-27-23-40(31-37(45)32-49(44)46)56(38-15-6-2-7-16-38)43-24-28-48-51-34-42(26-30-54(51)59-55(48)35-43)57(39-17-8-3-9-18-39)41-25-29-53-50(33-41)47-19-10-11-22-52(47)58-53;1-3-13-37(14-4-1)54(39-21-19-36-29-35-12-8-9-17-43(35)46(36)30-39)41-24-28-51-47(31-41)45-25-22-42(33-52(45)57-51)55(38-15-5-2-6-16-38)40-23-27-49-48(32-40)53-44-18-10-7-11-34(44)20-26-50(53)56-49/h1-31,33-35H,32H2;1-28,30-33H,29H2. The number of furan rings is 1. The highest BCUT2D eigenvalue weighted by Crippen LogP contribution is 2.51. The van der Waals surface area contributed by atoms with Gasteiger partial charge in [0.25, 0.3) is 0 Å². The van der Waals surface area contributed by atoms with E-state index in [0.717, 1.165) is 97.3 Å². The molecule has 0 fully saturated rings. The third kappa shape index (κ3) is 11.6. The normalized spacial score (nSPS) is 12.1. The van der Waals surface area contributed by atoms with Crippen LogP contribution in [0, 0.1) is 0 Å². The monoisotopic (exact) mass is 1530 g/mol. The smallest absolute Gasteiger partial charge is 0.136 e. The molecule has 0 spiro atoms. The molecule has 0 amide bonds. The zero-order valence-electron chi connectivity index (χ0n) is 62.9. The maximum atomic E-state index is 6.39. The van der Waals surface area contributed by atoms with E-state index in [2.05, 4.69) is 420 Å². The second kappa shape index (κ2) is 27.9. The van der Waals surface area contributed by atoms with E-state index in [1.165, 1.54) is 133 Å². The molecule has 5 nitrogen and oxygen atoms in total. The summed E-state index contributed by atoms with van der Waals surface area (Å²) in [5, 5.41) is 12.4. The molecule has 116 heavy (non-hydrogen) atoms. The molecule has 4 heterocycles. The van der Waals surface area contributed by atoms with E-state index in [1.54, 1.807) is 0 Å². The predicted molar refractivity (Wildman–Crippen MR) is 497 cm³/mol. The Balaban J connectivity index is 0.000000137. The van der Waals surface area contributed by atoms with Crippen molar-refractivity contribution < 1.29 is 4.42 Å². The first-order chi connectivity index (χ1) is 57.5. The third-order valence-electron chi connectivity index (χ3n) is 23.5. The number of rotatable bonds is 13. The van der Waals surface area contributed by atoms with E-state index in [4.69, 9.17) is 4.42 Å². The Morgan fingerprint density at radius 3 is 1.19 bits per heavy atom. The lowest BCUT2D eigenvalue weighted by atomic mass is 9.96. The molecule has 0 unspecified atom stereocenters. The maximum absolute atomic E-state index is 6.39. The van der Waals surface area contributed by atoms with Crippen molar-refractivity contribution in [2.75, 3.05) is 19.6 Å². The van der Waals surface area contributed by atoms with Crippen molar-refractivity contribution in [3.05, 3.63) is 423 Å². The van der Waals surface area contributed by atoms with Crippen molar-refractivity contribution in [1.82, 2.24) is 0 Å². The molecule has 0 saturated carbocycles. The van der Waals surface area contributed by atoms with Crippen LogP contribution in [-0.2, 0) is 12.8 Å². The molecule has 2 aliphatic rings. The highest BCUT2D eigenvalue weighted by molar-refractivity contribution is 7.26. The van der Waals surface area contributed by atoms with Crippen LogP contribution < -0.4 is 19.6 Å². The summed E-state index contributed by atoms with van der Waals surface area (Å²) >= 11 is 5.58. The van der Waals surface area contributed by atoms with Crippen LogP contribution in [0.3, 0.4) is 0 Å². The number of thiophene rings is 3. The lowest BCUT2D eigenvalue weighted by Crippen LogP contribution is -2.10. The molecule has 22 aromatic rings. The van der Waals surface area contributed by atoms with Gasteiger partial charge in [-0.3, -0.25) is 0 Å². The van der Waals surface area contributed by atoms with Crippen LogP contribution in [0.4, 0.5) is 68.2 Å². The topological polar surface area (TPSA) is 26.1 Å². The van der Waals surface area contributed by atoms with E-state index < -0.39 is 0 Å². The lowest BCUT2D eigenvalue weighted by molar-refractivity contribution is 0.669. The minimum atomic E-state index is 0.892. The van der Waals surface area contributed by atoms with E-state index in [0.29, 0.717) is 0 Å². The van der Waals surface area contributed by atoms with E-state index >= 15 is 0 Å². The van der Waals surface area contributed by atoms with Crippen LogP contribution in [0.5, 0.6) is 0 Å². The summed E-state index contributed by atoms with van der Waals surface area (Å²) in [4.78, 5) is 9.57. The highest BCUT2D eigenvalue weighted by atomic mass is 32.1. The molecule has 0 saturated heterocycles. The first kappa shape index (κ1) is 67.6. The summed E-state index contributed by atoms with van der Waals surface area (Å²) < 4.78 is 14.1. The van der Waals surface area contributed by atoms with Crippen LogP contribution in [0.1, 0.15) is 22.3 Å². The Labute approximate surface area is 683 Å². The molecule has 0 radical (unpaired) electrons. The molecular formula is C108H70N4OS3. The molecule has 0 N–H and O–H groups in total. The van der Waals surface area contributed by atoms with Gasteiger partial charge in [-0.05, 0) is 261 Å². The SMILES string of the molecule is c1ccc(-c2cccc3c2Cc2cc(N(c4ccccc4)c4ccc5c(c4)sc4ccc(N(c6ccccc6)c6ccc7sc8ccccc8c7c6)cc45)ccc2-3)cc1.c1ccc(N(c2ccc3c(c2)-c2ccccc2C3)c2ccc3sc4cc(N(c5ccccc5)c5ccc6oc7ccc8ccccc8c7c6c5)ccc4c3c2)cc1. The molecule has 0 bridgehead atoms. The lowest BCUT2D eigenvalue weighted by Gasteiger charge is -2.26. The summed E-state index contributed by atoms with van der Waals surface area (Å²) in [7, 11) is 0. The van der Waals surface area contributed by atoms with Gasteiger partial charge in [-0.15, -0.1) is 34.0 Å². The predicted octanol–water partition coefficient (Wildman–Crippen LogP) is 32.2. The Morgan fingerprint density at radius 2 is 0.595 bits per heavy atom. The zero-order chi connectivity index (χ0) is 76.3. The summed E-state index contributed by atoms with van der Waals surface area (Å²) in [6.07, 6.45) is 1.90. The molecule has 0 aliphatic heterocycles. The first-order valence-corrected chi connectivity index (χ1v) is 42.0. The molecule has 8 heteroatoms. The van der Waals surface area contributed by atoms with Gasteiger partial charge in [-0.2, -0.15) is 0 Å². The van der Waals surface area contributed by atoms with Gasteiger partial charge in [0.15, 0.2) is 0 Å². The van der Waals surface area contributed by atoms with Crippen LogP contribution in [0.25, 0.3) is 127 Å². The molecular weight excluding hydrogens is 1470 g/mol. The van der Waals surface area contributed by atoms with Gasteiger partial charge < -0.3 is 24.0 Å². The van der Waals surface area contributed by atoms with Gasteiger partial charge in [0, 0.05) is 140 Å². The number of para-hydroxylation sites is 4. The quantitative estimate of drug-likeness (QED) is 0.115. The first-order valence-electron chi connectivity index (χ1n) is 39.6. The summed E-state index contributed by atoms with van der Waals surface area (Å²) in [5.74, 6) is 0. The fourth-order valence-electron chi connectivity index (χ4n) is 18.2. The van der Waals surface area contributed by atoms with E-state index in [1.807, 2.05) is 34.0 Å². The minimum absolute atomic E-state index is 0.892. The van der Waals surface area contributed by atoms with Crippen molar-refractivity contribution in [2.45, 2.75) is 12.8 Å². The highest BCUT2D eigenvalue weighted by Gasteiger charge is 2.28. The fourth-order valence-corrected chi connectivity index (χ4v) is 21.5. The summed E-state index contributed by atoms with van der Waals surface area (Å²) in [6, 6.07) is 146. The van der Waals surface area contributed by atoms with Crippen molar-refractivity contribution >= 4 is 195 Å². The van der Waals surface area contributed by atoms with Crippen LogP contribution in [0.15, 0.2) is 405 Å². The molecule has 546 valence electrons. The van der Waals surface area contributed by atoms with Gasteiger partial charge in [-0.1, -0.05) is 218 Å². The van der Waals surface area contributed by atoms with Crippen molar-refractivity contribution in [2.24, 2.45) is 0 Å². The van der Waals surface area contributed by atoms with Crippen molar-refractivity contribution in [3.63, 3.8) is 0 Å². The fraction of sp³-hybridized carbons (Fsp3) is 0.0185. The Morgan fingerprint density at radius 1 is 0.198 bits per heavy atom. The molecule has 4 aromatic heterocycles. The second-order valence-electron chi connectivity index (χ2n) is 30.2. The average molecular weight is 1540 g/mol. The van der Waals surface area contributed by atoms with Gasteiger partial charge >= 0.3 is 0 Å². The maximum Gasteiger partial charge on any atom is 0.136 e. The van der Waals surface area contributed by atoms with Gasteiger partial charge in [0.05, 0.1) is 0 Å². The Bertz CT molecular complexity index is 7620. The minimum Gasteiger partial charge on any atom is -0.456 e. The molecule has 0 atom stereocenters. The van der Waals surface area contributed by atoms with Crippen LogP contribution in [-0.4, -0.2) is 0 Å². The van der Waals surface area contributed by atoms with Gasteiger partial charge in [0.2, 0.25) is 0 Å². The number of hydrogen-bond donors (Lipinski definition) is 0. The Kier molecular flexibility index (Phi) is 16.3. The summed E-state index contributed by atoms with van der Waals surface area (Å²) in [6.45, 7) is 0. The number of benzene rings is 18. The van der Waals surface area contributed by atoms with Crippen LogP contribution >= 0.6 is 34.0 Å². The molecule has 24 rings (SSSR count). The van der Waals surface area contributed by atoms with E-state index in [9.17, 15) is 0 Å². The Hall–Kier alpha value is -14.1. The van der Waals surface area contributed by atoms with Crippen LogP contribution in [0.2, 0.25) is 0 Å². The van der Waals surface area contributed by atoms with Crippen molar-refractivity contribution in [1.29, 1.82) is 0 Å². The number of fused-ring (bicyclic) bond motifs is 20. The number of nitrogens with zero attached hydrogens (tertiary/aromatic N) is 4. The second-order valence-corrected chi connectivity index (χ2v) is 33.5. The molecule has 2 aliphatic carbocycles. The average Bonchev–Trinajstić information content (AvgIpc) is 1.59. The van der Waals surface area contributed by atoms with Gasteiger partial charge in [0.1, 0.15) is 11.2 Å². The molecule has 18 aromatic carbocycles.